The van der Waals surface area contributed by atoms with Gasteiger partial charge in [0.25, 0.3) is 0 Å². The van der Waals surface area contributed by atoms with Gasteiger partial charge in [-0.25, -0.2) is 4.79 Å². The van der Waals surface area contributed by atoms with Gasteiger partial charge in [0, 0.05) is 22.1 Å². The standard InChI is InChI=1S/C22H18O4S/c1-11-12(2)25-18-10-19-16(8-15(11)18)17-9-20(27-21(17)22(23)26-19)13-5-4-6-14(7-13)24-3/h4-8,10,20H,9H2,1-3H3. The molecule has 0 fully saturated rings. The highest BCUT2D eigenvalue weighted by Crippen LogP contribution is 2.48. The number of hydrogen-bond acceptors (Lipinski definition) is 5. The van der Waals surface area contributed by atoms with Crippen molar-refractivity contribution in [2.75, 3.05) is 7.11 Å². The van der Waals surface area contributed by atoms with Crippen LogP contribution in [0.5, 0.6) is 5.75 Å². The summed E-state index contributed by atoms with van der Waals surface area (Å²) in [7, 11) is 1.66. The largest absolute Gasteiger partial charge is 0.497 e. The smallest absolute Gasteiger partial charge is 0.350 e. The lowest BCUT2D eigenvalue weighted by molar-refractivity contribution is 0.414. The first kappa shape index (κ1) is 16.5. The molecule has 4 aromatic rings. The number of ether oxygens (including phenoxy) is 1. The maximum absolute atomic E-state index is 12.6. The number of methoxy groups -OCH3 is 1. The Bertz CT molecular complexity index is 1270. The van der Waals surface area contributed by atoms with Crippen molar-refractivity contribution < 1.29 is 13.6 Å². The van der Waals surface area contributed by atoms with Gasteiger partial charge < -0.3 is 13.6 Å². The Morgan fingerprint density at radius 2 is 1.89 bits per heavy atom. The van der Waals surface area contributed by atoms with Gasteiger partial charge in [0.1, 0.15) is 22.7 Å². The van der Waals surface area contributed by atoms with Crippen LogP contribution in [0.15, 0.2) is 54.9 Å². The van der Waals surface area contributed by atoms with Crippen molar-refractivity contribution >= 4 is 33.7 Å². The third-order valence-electron chi connectivity index (χ3n) is 5.38. The minimum atomic E-state index is -0.271. The summed E-state index contributed by atoms with van der Waals surface area (Å²) in [5.74, 6) is 1.72. The molecule has 0 amide bonds. The topological polar surface area (TPSA) is 52.6 Å². The van der Waals surface area contributed by atoms with E-state index in [-0.39, 0.29) is 10.9 Å². The summed E-state index contributed by atoms with van der Waals surface area (Å²) in [4.78, 5) is 13.3. The third-order valence-corrected chi connectivity index (χ3v) is 6.75. The second kappa shape index (κ2) is 5.92. The molecule has 4 nitrogen and oxygen atoms in total. The van der Waals surface area contributed by atoms with Crippen LogP contribution in [0.2, 0.25) is 0 Å². The fraction of sp³-hybridized carbons (Fsp3) is 0.227. The number of benzene rings is 2. The van der Waals surface area contributed by atoms with Crippen LogP contribution in [0.4, 0.5) is 0 Å². The van der Waals surface area contributed by atoms with Crippen LogP contribution in [0.25, 0.3) is 21.9 Å². The molecule has 0 saturated carbocycles. The molecule has 1 aliphatic rings. The van der Waals surface area contributed by atoms with Crippen molar-refractivity contribution in [3.05, 3.63) is 69.3 Å². The molecule has 136 valence electrons. The molecule has 0 aliphatic carbocycles. The van der Waals surface area contributed by atoms with Crippen molar-refractivity contribution in [3.8, 4) is 5.75 Å². The molecule has 0 radical (unpaired) electrons. The second-order valence-electron chi connectivity index (χ2n) is 6.91. The molecule has 0 N–H and O–H groups in total. The zero-order valence-corrected chi connectivity index (χ0v) is 16.1. The van der Waals surface area contributed by atoms with Crippen LogP contribution in [0.1, 0.15) is 27.7 Å². The summed E-state index contributed by atoms with van der Waals surface area (Å²) in [6.07, 6.45) is 0.788. The average molecular weight is 378 g/mol. The predicted molar refractivity (Wildman–Crippen MR) is 107 cm³/mol. The number of hydrogen-bond donors (Lipinski definition) is 0. The molecule has 27 heavy (non-hydrogen) atoms. The molecular formula is C22H18O4S. The van der Waals surface area contributed by atoms with Gasteiger partial charge in [0.2, 0.25) is 0 Å². The van der Waals surface area contributed by atoms with Crippen LogP contribution >= 0.6 is 11.8 Å². The molecule has 3 heterocycles. The summed E-state index contributed by atoms with van der Waals surface area (Å²) in [5.41, 5.74) is 4.43. The van der Waals surface area contributed by atoms with E-state index in [1.165, 1.54) is 0 Å². The van der Waals surface area contributed by atoms with E-state index >= 15 is 0 Å². The Balaban J connectivity index is 1.68. The van der Waals surface area contributed by atoms with Crippen molar-refractivity contribution in [2.24, 2.45) is 0 Å². The number of rotatable bonds is 2. The molecule has 5 heteroatoms. The monoisotopic (exact) mass is 378 g/mol. The van der Waals surface area contributed by atoms with Gasteiger partial charge in [-0.3, -0.25) is 0 Å². The molecule has 1 aliphatic heterocycles. The Hall–Kier alpha value is -2.66. The Kier molecular flexibility index (Phi) is 3.62. The van der Waals surface area contributed by atoms with Crippen LogP contribution in [0, 0.1) is 13.8 Å². The van der Waals surface area contributed by atoms with Crippen molar-refractivity contribution in [3.63, 3.8) is 0 Å². The lowest BCUT2D eigenvalue weighted by Gasteiger charge is -2.10. The van der Waals surface area contributed by atoms with Gasteiger partial charge in [0.15, 0.2) is 0 Å². The Labute approximate surface area is 160 Å². The van der Waals surface area contributed by atoms with Gasteiger partial charge >= 0.3 is 5.63 Å². The highest BCUT2D eigenvalue weighted by molar-refractivity contribution is 7.99. The summed E-state index contributed by atoms with van der Waals surface area (Å²) in [6.45, 7) is 4.01. The minimum absolute atomic E-state index is 0.173. The minimum Gasteiger partial charge on any atom is -0.497 e. The molecule has 1 atom stereocenters. The maximum atomic E-state index is 12.6. The first-order valence-electron chi connectivity index (χ1n) is 8.85. The normalized spacial score (nSPS) is 16.2. The van der Waals surface area contributed by atoms with Crippen molar-refractivity contribution in [2.45, 2.75) is 30.4 Å². The van der Waals surface area contributed by atoms with Crippen LogP contribution in [-0.4, -0.2) is 7.11 Å². The Morgan fingerprint density at radius 3 is 2.70 bits per heavy atom. The van der Waals surface area contributed by atoms with Gasteiger partial charge in [-0.2, -0.15) is 0 Å². The summed E-state index contributed by atoms with van der Waals surface area (Å²) in [6, 6.07) is 12.0. The predicted octanol–water partition coefficient (Wildman–Crippen LogP) is 5.55. The quantitative estimate of drug-likeness (QED) is 0.428. The van der Waals surface area contributed by atoms with Crippen molar-refractivity contribution in [1.82, 2.24) is 0 Å². The Morgan fingerprint density at radius 1 is 1.07 bits per heavy atom. The van der Waals surface area contributed by atoms with E-state index in [1.54, 1.807) is 18.9 Å². The number of fused-ring (bicyclic) bond motifs is 4. The fourth-order valence-electron chi connectivity index (χ4n) is 3.80. The van der Waals surface area contributed by atoms with E-state index in [0.717, 1.165) is 51.0 Å². The fourth-order valence-corrected chi connectivity index (χ4v) is 5.09. The summed E-state index contributed by atoms with van der Waals surface area (Å²) < 4.78 is 16.8. The van der Waals surface area contributed by atoms with Crippen LogP contribution in [0.3, 0.4) is 0 Å². The van der Waals surface area contributed by atoms with Gasteiger partial charge in [-0.05, 0) is 55.2 Å². The lowest BCUT2D eigenvalue weighted by Crippen LogP contribution is -2.02. The molecule has 1 unspecified atom stereocenters. The van der Waals surface area contributed by atoms with E-state index in [0.29, 0.717) is 10.5 Å². The van der Waals surface area contributed by atoms with E-state index in [2.05, 4.69) is 19.1 Å². The lowest BCUT2D eigenvalue weighted by atomic mass is 10.00. The molecule has 0 bridgehead atoms. The SMILES string of the molecule is COc1cccc(C2Cc3c(c(=O)oc4cc5oc(C)c(C)c5cc34)S2)c1. The van der Waals surface area contributed by atoms with Gasteiger partial charge in [0.05, 0.1) is 12.0 Å². The van der Waals surface area contributed by atoms with Gasteiger partial charge in [-0.15, -0.1) is 11.8 Å². The molecule has 0 saturated heterocycles. The molecule has 2 aromatic carbocycles. The van der Waals surface area contributed by atoms with Crippen molar-refractivity contribution in [1.29, 1.82) is 0 Å². The number of aryl methyl sites for hydroxylation is 2. The average Bonchev–Trinajstić information content (AvgIpc) is 3.23. The highest BCUT2D eigenvalue weighted by Gasteiger charge is 2.30. The van der Waals surface area contributed by atoms with Gasteiger partial charge in [-0.1, -0.05) is 12.1 Å². The number of thioether (sulfide) groups is 1. The zero-order chi connectivity index (χ0) is 18.7. The van der Waals surface area contributed by atoms with Crippen LogP contribution in [-0.2, 0) is 6.42 Å². The summed E-state index contributed by atoms with van der Waals surface area (Å²) >= 11 is 1.58. The first-order valence-corrected chi connectivity index (χ1v) is 9.73. The summed E-state index contributed by atoms with van der Waals surface area (Å²) in [5, 5.41) is 2.25. The highest BCUT2D eigenvalue weighted by atomic mass is 32.2. The van der Waals surface area contributed by atoms with E-state index < -0.39 is 0 Å². The van der Waals surface area contributed by atoms with Crippen LogP contribution < -0.4 is 10.4 Å². The van der Waals surface area contributed by atoms with E-state index in [9.17, 15) is 4.79 Å². The molecular weight excluding hydrogens is 360 g/mol. The number of furan rings is 1. The first-order chi connectivity index (χ1) is 13.0. The van der Waals surface area contributed by atoms with E-state index in [1.807, 2.05) is 31.2 Å². The zero-order valence-electron chi connectivity index (χ0n) is 15.3. The van der Waals surface area contributed by atoms with E-state index in [4.69, 9.17) is 13.6 Å². The molecule has 2 aromatic heterocycles. The second-order valence-corrected chi connectivity index (χ2v) is 8.13. The third kappa shape index (κ3) is 2.49. The molecule has 0 spiro atoms. The maximum Gasteiger partial charge on any atom is 0.350 e. The molecule has 5 rings (SSSR count).